The fourth-order valence-corrected chi connectivity index (χ4v) is 2.79. The predicted molar refractivity (Wildman–Crippen MR) is 107 cm³/mol. The molecule has 0 aromatic heterocycles. The highest BCUT2D eigenvalue weighted by molar-refractivity contribution is 6.32. The predicted octanol–water partition coefficient (Wildman–Crippen LogP) is 6.64. The maximum Gasteiger partial charge on any atom is 0.119 e. The SMILES string of the molecule is N#CC(=Cc1ccc(OCc2ccc(Cl)cc2)cc1)c1ccccc1Cl. The Hall–Kier alpha value is -2.73. The summed E-state index contributed by atoms with van der Waals surface area (Å²) in [5.74, 6) is 0.758. The summed E-state index contributed by atoms with van der Waals surface area (Å²) >= 11 is 12.1. The topological polar surface area (TPSA) is 33.0 Å². The van der Waals surface area contributed by atoms with Gasteiger partial charge >= 0.3 is 0 Å². The zero-order valence-electron chi connectivity index (χ0n) is 13.8. The maximum absolute atomic E-state index is 9.44. The largest absolute Gasteiger partial charge is 0.489 e. The van der Waals surface area contributed by atoms with E-state index in [1.807, 2.05) is 72.8 Å². The molecule has 0 aliphatic heterocycles. The van der Waals surface area contributed by atoms with Crippen LogP contribution in [0.1, 0.15) is 16.7 Å². The molecule has 26 heavy (non-hydrogen) atoms. The van der Waals surface area contributed by atoms with Crippen molar-refractivity contribution in [2.24, 2.45) is 0 Å². The minimum atomic E-state index is 0.468. The minimum Gasteiger partial charge on any atom is -0.489 e. The molecular formula is C22H15Cl2NO. The van der Waals surface area contributed by atoms with Crippen LogP contribution >= 0.6 is 23.2 Å². The smallest absolute Gasteiger partial charge is 0.119 e. The van der Waals surface area contributed by atoms with E-state index in [0.29, 0.717) is 22.2 Å². The van der Waals surface area contributed by atoms with Gasteiger partial charge in [-0.2, -0.15) is 5.26 Å². The summed E-state index contributed by atoms with van der Waals surface area (Å²) in [4.78, 5) is 0. The molecule has 3 rings (SSSR count). The summed E-state index contributed by atoms with van der Waals surface area (Å²) in [5, 5.41) is 10.7. The minimum absolute atomic E-state index is 0.468. The molecule has 0 aliphatic rings. The average molecular weight is 380 g/mol. The van der Waals surface area contributed by atoms with Crippen LogP contribution in [0.3, 0.4) is 0 Å². The van der Waals surface area contributed by atoms with Gasteiger partial charge < -0.3 is 4.74 Å². The highest BCUT2D eigenvalue weighted by Gasteiger charge is 2.05. The molecule has 128 valence electrons. The molecule has 2 nitrogen and oxygen atoms in total. The first-order chi connectivity index (χ1) is 12.7. The lowest BCUT2D eigenvalue weighted by atomic mass is 10.0. The van der Waals surface area contributed by atoms with Crippen molar-refractivity contribution in [2.75, 3.05) is 0 Å². The van der Waals surface area contributed by atoms with Crippen LogP contribution in [-0.2, 0) is 6.61 Å². The molecule has 3 aromatic rings. The maximum atomic E-state index is 9.44. The van der Waals surface area contributed by atoms with Crippen molar-refractivity contribution in [3.63, 3.8) is 0 Å². The Morgan fingerprint density at radius 2 is 1.62 bits per heavy atom. The van der Waals surface area contributed by atoms with Gasteiger partial charge in [0, 0.05) is 15.6 Å². The van der Waals surface area contributed by atoms with E-state index in [9.17, 15) is 5.26 Å². The number of ether oxygens (including phenoxy) is 1. The van der Waals surface area contributed by atoms with Crippen LogP contribution in [0.25, 0.3) is 11.6 Å². The van der Waals surface area contributed by atoms with Crippen LogP contribution < -0.4 is 4.74 Å². The summed E-state index contributed by atoms with van der Waals surface area (Å²) in [5.41, 5.74) is 3.19. The lowest BCUT2D eigenvalue weighted by Crippen LogP contribution is -1.94. The fourth-order valence-electron chi connectivity index (χ4n) is 2.42. The Morgan fingerprint density at radius 3 is 2.27 bits per heavy atom. The van der Waals surface area contributed by atoms with Gasteiger partial charge in [0.15, 0.2) is 0 Å². The van der Waals surface area contributed by atoms with Gasteiger partial charge in [0.1, 0.15) is 12.4 Å². The first-order valence-electron chi connectivity index (χ1n) is 8.00. The van der Waals surface area contributed by atoms with Gasteiger partial charge in [0.05, 0.1) is 11.6 Å². The van der Waals surface area contributed by atoms with E-state index in [1.54, 1.807) is 6.07 Å². The molecule has 0 bridgehead atoms. The van der Waals surface area contributed by atoms with Gasteiger partial charge in [0.2, 0.25) is 0 Å². The standard InChI is InChI=1S/C22H15Cl2NO/c23-19-9-5-17(6-10-19)15-26-20-11-7-16(8-12-20)13-18(14-25)21-3-1-2-4-22(21)24/h1-13H,15H2. The molecule has 4 heteroatoms. The van der Waals surface area contributed by atoms with E-state index < -0.39 is 0 Å². The Labute approximate surface area is 162 Å². The molecule has 0 aliphatic carbocycles. The highest BCUT2D eigenvalue weighted by atomic mass is 35.5. The van der Waals surface area contributed by atoms with E-state index in [-0.39, 0.29) is 0 Å². The summed E-state index contributed by atoms with van der Waals surface area (Å²) in [7, 11) is 0. The molecule has 3 aromatic carbocycles. The van der Waals surface area contributed by atoms with Gasteiger partial charge in [0.25, 0.3) is 0 Å². The van der Waals surface area contributed by atoms with Gasteiger partial charge in [-0.15, -0.1) is 0 Å². The molecule has 0 N–H and O–H groups in total. The van der Waals surface area contributed by atoms with Crippen molar-refractivity contribution in [1.29, 1.82) is 5.26 Å². The Kier molecular flexibility index (Phi) is 5.96. The molecule has 0 unspecified atom stereocenters. The zero-order valence-corrected chi connectivity index (χ0v) is 15.3. The lowest BCUT2D eigenvalue weighted by molar-refractivity contribution is 0.306. The molecule has 0 radical (unpaired) electrons. The first kappa shape index (κ1) is 18.1. The number of hydrogen-bond acceptors (Lipinski definition) is 2. The Balaban J connectivity index is 1.71. The molecule has 0 amide bonds. The average Bonchev–Trinajstić information content (AvgIpc) is 2.67. The lowest BCUT2D eigenvalue weighted by Gasteiger charge is -2.07. The molecule has 0 saturated carbocycles. The number of benzene rings is 3. The van der Waals surface area contributed by atoms with Crippen LogP contribution in [-0.4, -0.2) is 0 Å². The first-order valence-corrected chi connectivity index (χ1v) is 8.75. The summed E-state index contributed by atoms with van der Waals surface area (Å²) in [6.07, 6.45) is 1.81. The van der Waals surface area contributed by atoms with Crippen LogP contribution in [0.4, 0.5) is 0 Å². The Morgan fingerprint density at radius 1 is 0.923 bits per heavy atom. The third-order valence-corrected chi connectivity index (χ3v) is 4.38. The van der Waals surface area contributed by atoms with Gasteiger partial charge in [-0.3, -0.25) is 0 Å². The highest BCUT2D eigenvalue weighted by Crippen LogP contribution is 2.25. The number of allylic oxidation sites excluding steroid dienone is 1. The third-order valence-electron chi connectivity index (χ3n) is 3.79. The van der Waals surface area contributed by atoms with Crippen molar-refractivity contribution < 1.29 is 4.74 Å². The molecular weight excluding hydrogens is 365 g/mol. The van der Waals surface area contributed by atoms with Crippen molar-refractivity contribution >= 4 is 34.9 Å². The molecule has 0 saturated heterocycles. The molecule has 0 fully saturated rings. The van der Waals surface area contributed by atoms with E-state index >= 15 is 0 Å². The monoisotopic (exact) mass is 379 g/mol. The summed E-state index contributed by atoms with van der Waals surface area (Å²) in [6, 6.07) is 24.6. The van der Waals surface area contributed by atoms with Crippen LogP contribution in [0.5, 0.6) is 5.75 Å². The second-order valence-electron chi connectivity index (χ2n) is 5.63. The van der Waals surface area contributed by atoms with Crippen molar-refractivity contribution in [3.8, 4) is 11.8 Å². The van der Waals surface area contributed by atoms with Gasteiger partial charge in [-0.25, -0.2) is 0 Å². The summed E-state index contributed by atoms with van der Waals surface area (Å²) < 4.78 is 5.77. The van der Waals surface area contributed by atoms with Crippen molar-refractivity contribution in [1.82, 2.24) is 0 Å². The van der Waals surface area contributed by atoms with Crippen molar-refractivity contribution in [3.05, 3.63) is 99.5 Å². The molecule has 0 atom stereocenters. The van der Waals surface area contributed by atoms with E-state index in [1.165, 1.54) is 0 Å². The normalized spacial score (nSPS) is 11.0. The number of halogens is 2. The summed E-state index contributed by atoms with van der Waals surface area (Å²) in [6.45, 7) is 0.468. The number of nitriles is 1. The third kappa shape index (κ3) is 4.67. The van der Waals surface area contributed by atoms with Crippen LogP contribution in [0.15, 0.2) is 72.8 Å². The van der Waals surface area contributed by atoms with E-state index in [0.717, 1.165) is 22.4 Å². The molecule has 0 heterocycles. The van der Waals surface area contributed by atoms with Crippen LogP contribution in [0.2, 0.25) is 10.0 Å². The quantitative estimate of drug-likeness (QED) is 0.367. The number of nitrogens with zero attached hydrogens (tertiary/aromatic N) is 1. The zero-order chi connectivity index (χ0) is 18.4. The Bertz CT molecular complexity index is 955. The fraction of sp³-hybridized carbons (Fsp3) is 0.0455. The second-order valence-corrected chi connectivity index (χ2v) is 6.48. The van der Waals surface area contributed by atoms with Crippen LogP contribution in [0, 0.1) is 11.3 Å². The number of hydrogen-bond donors (Lipinski definition) is 0. The second kappa shape index (κ2) is 8.58. The van der Waals surface area contributed by atoms with Gasteiger partial charge in [-0.1, -0.05) is 65.7 Å². The number of rotatable bonds is 5. The van der Waals surface area contributed by atoms with Gasteiger partial charge in [-0.05, 0) is 47.5 Å². The van der Waals surface area contributed by atoms with E-state index in [2.05, 4.69) is 6.07 Å². The van der Waals surface area contributed by atoms with Crippen molar-refractivity contribution in [2.45, 2.75) is 6.61 Å². The van der Waals surface area contributed by atoms with E-state index in [4.69, 9.17) is 27.9 Å². The molecule has 0 spiro atoms.